The average Bonchev–Trinajstić information content (AvgIpc) is 2.58. The van der Waals surface area contributed by atoms with Gasteiger partial charge in [0.25, 0.3) is 0 Å². The number of nitrogens with two attached hydrogens (primary N) is 1. The number of sulfonamides is 1. The smallest absolute Gasteiger partial charge is 0.243 e. The lowest BCUT2D eigenvalue weighted by Crippen LogP contribution is -2.49. The zero-order valence-corrected chi connectivity index (χ0v) is 16.8. The molecule has 0 radical (unpaired) electrons. The van der Waals surface area contributed by atoms with Crippen molar-refractivity contribution in [3.05, 3.63) is 29.1 Å². The highest BCUT2D eigenvalue weighted by atomic mass is 35.5. The molecule has 0 aromatic heterocycles. The summed E-state index contributed by atoms with van der Waals surface area (Å²) in [7, 11) is -3.74. The molecular formula is C17H27ClFN3O3S. The van der Waals surface area contributed by atoms with Crippen LogP contribution in [0, 0.1) is 19.7 Å². The van der Waals surface area contributed by atoms with E-state index in [1.54, 1.807) is 13.8 Å². The van der Waals surface area contributed by atoms with E-state index in [1.165, 1.54) is 16.4 Å². The van der Waals surface area contributed by atoms with E-state index >= 15 is 0 Å². The molecule has 1 saturated heterocycles. The third kappa shape index (κ3) is 5.16. The van der Waals surface area contributed by atoms with Crippen molar-refractivity contribution in [3.8, 4) is 0 Å². The van der Waals surface area contributed by atoms with Crippen LogP contribution in [0.2, 0.25) is 0 Å². The van der Waals surface area contributed by atoms with E-state index in [0.717, 1.165) is 12.8 Å². The number of piperidine rings is 1. The Morgan fingerprint density at radius 2 is 1.92 bits per heavy atom. The number of carbonyl (C=O) groups is 1. The summed E-state index contributed by atoms with van der Waals surface area (Å²) in [6.45, 7) is 4.03. The van der Waals surface area contributed by atoms with Crippen LogP contribution in [0.3, 0.4) is 0 Å². The molecule has 6 nitrogen and oxygen atoms in total. The maximum absolute atomic E-state index is 13.8. The molecule has 3 N–H and O–H groups in total. The molecule has 2 rings (SSSR count). The Balaban J connectivity index is 0.00000338. The van der Waals surface area contributed by atoms with Gasteiger partial charge in [0, 0.05) is 32.1 Å². The zero-order valence-electron chi connectivity index (χ0n) is 15.1. The Morgan fingerprint density at radius 1 is 1.31 bits per heavy atom. The van der Waals surface area contributed by atoms with E-state index in [0.29, 0.717) is 24.1 Å². The summed E-state index contributed by atoms with van der Waals surface area (Å²) in [4.78, 5) is 11.7. The van der Waals surface area contributed by atoms with E-state index in [2.05, 4.69) is 5.32 Å². The summed E-state index contributed by atoms with van der Waals surface area (Å²) in [6, 6.07) is 2.44. The molecule has 148 valence electrons. The van der Waals surface area contributed by atoms with Gasteiger partial charge in [0.05, 0.1) is 4.90 Å². The van der Waals surface area contributed by atoms with E-state index in [9.17, 15) is 17.6 Å². The van der Waals surface area contributed by atoms with Crippen molar-refractivity contribution in [3.63, 3.8) is 0 Å². The van der Waals surface area contributed by atoms with Gasteiger partial charge in [-0.3, -0.25) is 4.79 Å². The Labute approximate surface area is 160 Å². The van der Waals surface area contributed by atoms with E-state index in [4.69, 9.17) is 5.73 Å². The molecule has 1 atom stereocenters. The van der Waals surface area contributed by atoms with Gasteiger partial charge in [0.1, 0.15) is 5.82 Å². The standard InChI is InChI=1S/C17H26FN3O3S.ClH/c1-12-9-15(10-13(2)17(12)18)25(23,24)21-8-4-3-5-14(21)11-20-16(22)6-7-19;/h9-10,14H,3-8,11,19H2,1-2H3,(H,20,22);1H. The predicted molar refractivity (Wildman–Crippen MR) is 101 cm³/mol. The molecule has 1 fully saturated rings. The summed E-state index contributed by atoms with van der Waals surface area (Å²) >= 11 is 0. The fourth-order valence-corrected chi connectivity index (χ4v) is 5.00. The van der Waals surface area contributed by atoms with Gasteiger partial charge in [-0.2, -0.15) is 4.31 Å². The van der Waals surface area contributed by atoms with Crippen LogP contribution < -0.4 is 11.1 Å². The summed E-state index contributed by atoms with van der Waals surface area (Å²) < 4.78 is 41.4. The fourth-order valence-electron chi connectivity index (χ4n) is 3.14. The molecule has 0 saturated carbocycles. The van der Waals surface area contributed by atoms with Gasteiger partial charge in [0.15, 0.2) is 0 Å². The molecule has 0 spiro atoms. The van der Waals surface area contributed by atoms with Crippen LogP contribution in [0.25, 0.3) is 0 Å². The molecule has 1 amide bonds. The van der Waals surface area contributed by atoms with Crippen molar-refractivity contribution >= 4 is 28.3 Å². The Morgan fingerprint density at radius 3 is 2.50 bits per heavy atom. The Bertz CT molecular complexity index is 720. The fraction of sp³-hybridized carbons (Fsp3) is 0.588. The number of nitrogens with zero attached hydrogens (tertiary/aromatic N) is 1. The number of rotatable bonds is 6. The van der Waals surface area contributed by atoms with Gasteiger partial charge in [0.2, 0.25) is 15.9 Å². The maximum Gasteiger partial charge on any atom is 0.243 e. The first-order chi connectivity index (χ1) is 11.8. The number of benzene rings is 1. The summed E-state index contributed by atoms with van der Waals surface area (Å²) in [5.41, 5.74) is 5.97. The molecule has 0 bridgehead atoms. The largest absolute Gasteiger partial charge is 0.354 e. The van der Waals surface area contributed by atoms with Crippen molar-refractivity contribution in [2.75, 3.05) is 19.6 Å². The van der Waals surface area contributed by atoms with Crippen LogP contribution >= 0.6 is 12.4 Å². The molecular weight excluding hydrogens is 381 g/mol. The number of amides is 1. The average molecular weight is 408 g/mol. The van der Waals surface area contributed by atoms with Crippen molar-refractivity contribution < 1.29 is 17.6 Å². The lowest BCUT2D eigenvalue weighted by Gasteiger charge is -2.35. The molecule has 1 aliphatic heterocycles. The van der Waals surface area contributed by atoms with Gasteiger partial charge in [-0.05, 0) is 49.9 Å². The molecule has 1 aromatic carbocycles. The number of hydrogen-bond acceptors (Lipinski definition) is 4. The van der Waals surface area contributed by atoms with Crippen molar-refractivity contribution in [2.24, 2.45) is 5.73 Å². The summed E-state index contributed by atoms with van der Waals surface area (Å²) in [5.74, 6) is -0.568. The first-order valence-electron chi connectivity index (χ1n) is 8.52. The highest BCUT2D eigenvalue weighted by molar-refractivity contribution is 7.89. The number of nitrogens with one attached hydrogen (secondary N) is 1. The molecule has 1 aromatic rings. The second-order valence-corrected chi connectivity index (χ2v) is 8.37. The minimum absolute atomic E-state index is 0. The third-order valence-electron chi connectivity index (χ3n) is 4.50. The third-order valence-corrected chi connectivity index (χ3v) is 6.43. The lowest BCUT2D eigenvalue weighted by molar-refractivity contribution is -0.121. The molecule has 9 heteroatoms. The highest BCUT2D eigenvalue weighted by Gasteiger charge is 2.34. The van der Waals surface area contributed by atoms with Gasteiger partial charge >= 0.3 is 0 Å². The molecule has 1 heterocycles. The van der Waals surface area contributed by atoms with Gasteiger partial charge in [-0.25, -0.2) is 12.8 Å². The normalized spacial score (nSPS) is 18.2. The second kappa shape index (κ2) is 9.64. The molecule has 1 unspecified atom stereocenters. The van der Waals surface area contributed by atoms with Crippen LogP contribution in [-0.4, -0.2) is 44.3 Å². The lowest BCUT2D eigenvalue weighted by atomic mass is 10.1. The first kappa shape index (κ1) is 22.8. The number of hydrogen-bond donors (Lipinski definition) is 2. The zero-order chi connectivity index (χ0) is 18.6. The molecule has 26 heavy (non-hydrogen) atoms. The first-order valence-corrected chi connectivity index (χ1v) is 9.96. The van der Waals surface area contributed by atoms with Gasteiger partial charge < -0.3 is 11.1 Å². The SMILES string of the molecule is Cc1cc(S(=O)(=O)N2CCCCC2CNC(=O)CCN)cc(C)c1F.Cl. The topological polar surface area (TPSA) is 92.5 Å². The number of aryl methyl sites for hydroxylation is 2. The monoisotopic (exact) mass is 407 g/mol. The van der Waals surface area contributed by atoms with Crippen LogP contribution in [0.4, 0.5) is 4.39 Å². The Kier molecular flexibility index (Phi) is 8.46. The van der Waals surface area contributed by atoms with E-state index in [1.807, 2.05) is 0 Å². The second-order valence-electron chi connectivity index (χ2n) is 6.48. The Hall–Kier alpha value is -1.22. The van der Waals surface area contributed by atoms with Crippen molar-refractivity contribution in [2.45, 2.75) is 50.5 Å². The van der Waals surface area contributed by atoms with Crippen molar-refractivity contribution in [1.82, 2.24) is 9.62 Å². The van der Waals surface area contributed by atoms with Crippen molar-refractivity contribution in [1.29, 1.82) is 0 Å². The highest BCUT2D eigenvalue weighted by Crippen LogP contribution is 2.27. The molecule has 1 aliphatic rings. The quantitative estimate of drug-likeness (QED) is 0.752. The van der Waals surface area contributed by atoms with Crippen LogP contribution in [0.5, 0.6) is 0 Å². The van der Waals surface area contributed by atoms with Crippen LogP contribution in [-0.2, 0) is 14.8 Å². The molecule has 0 aliphatic carbocycles. The van der Waals surface area contributed by atoms with E-state index < -0.39 is 10.0 Å². The number of halogens is 2. The van der Waals surface area contributed by atoms with Gasteiger partial charge in [-0.15, -0.1) is 12.4 Å². The van der Waals surface area contributed by atoms with E-state index in [-0.39, 0.29) is 54.6 Å². The summed E-state index contributed by atoms with van der Waals surface area (Å²) in [6.07, 6.45) is 2.58. The maximum atomic E-state index is 13.8. The predicted octanol–water partition coefficient (Wildman–Crippen LogP) is 1.87. The van der Waals surface area contributed by atoms with Crippen LogP contribution in [0.1, 0.15) is 36.8 Å². The van der Waals surface area contributed by atoms with Gasteiger partial charge in [-0.1, -0.05) is 6.42 Å². The number of carbonyl (C=O) groups excluding carboxylic acids is 1. The minimum atomic E-state index is -3.74. The summed E-state index contributed by atoms with van der Waals surface area (Å²) in [5, 5.41) is 2.75. The minimum Gasteiger partial charge on any atom is -0.354 e. The van der Waals surface area contributed by atoms with Crippen LogP contribution in [0.15, 0.2) is 17.0 Å².